The second-order valence-corrected chi connectivity index (χ2v) is 3.03. The Hall–Kier alpha value is -2.01. The molecule has 1 aromatic heterocycles. The van der Waals surface area contributed by atoms with Crippen LogP contribution in [0.25, 0.3) is 0 Å². The first-order chi connectivity index (χ1) is 7.77. The van der Waals surface area contributed by atoms with Gasteiger partial charge in [-0.3, -0.25) is 4.98 Å². The van der Waals surface area contributed by atoms with Crippen molar-refractivity contribution >= 4 is 11.9 Å². The average molecular weight is 218 g/mol. The van der Waals surface area contributed by atoms with Crippen LogP contribution in [0.3, 0.4) is 0 Å². The number of hydrogen-bond donors (Lipinski definition) is 3. The van der Waals surface area contributed by atoms with Gasteiger partial charge >= 0.3 is 0 Å². The number of hydrogen-bond acceptors (Lipinski definition) is 5. The predicted octanol–water partition coefficient (Wildman–Crippen LogP) is 1.14. The van der Waals surface area contributed by atoms with Crippen molar-refractivity contribution in [1.29, 1.82) is 10.8 Å². The zero-order valence-electron chi connectivity index (χ0n) is 8.81. The van der Waals surface area contributed by atoms with Crippen LogP contribution in [0.2, 0.25) is 0 Å². The van der Waals surface area contributed by atoms with Crippen molar-refractivity contribution in [3.8, 4) is 5.75 Å². The molecule has 5 heteroatoms. The van der Waals surface area contributed by atoms with Crippen molar-refractivity contribution in [2.24, 2.45) is 5.73 Å². The summed E-state index contributed by atoms with van der Waals surface area (Å²) in [5.41, 5.74) is 6.68. The van der Waals surface area contributed by atoms with Gasteiger partial charge in [-0.2, -0.15) is 0 Å². The van der Waals surface area contributed by atoms with Crippen molar-refractivity contribution in [2.45, 2.75) is 6.54 Å². The van der Waals surface area contributed by atoms with E-state index in [1.807, 2.05) is 0 Å². The van der Waals surface area contributed by atoms with Crippen LogP contribution in [-0.2, 0) is 6.54 Å². The van der Waals surface area contributed by atoms with Crippen molar-refractivity contribution < 1.29 is 4.74 Å². The standard InChI is InChI=1S/C11H14N4O/c12-4-1-2-10(14)8-16-11-7-15-5-3-9(11)6-13/h1-5,7,12,14H,6,8,13H2/b2-1-,12-4?,14-10?. The van der Waals surface area contributed by atoms with E-state index in [1.165, 1.54) is 12.2 Å². The Morgan fingerprint density at radius 3 is 3.06 bits per heavy atom. The molecule has 1 aromatic rings. The molecule has 0 aliphatic heterocycles. The summed E-state index contributed by atoms with van der Waals surface area (Å²) >= 11 is 0. The molecular formula is C11H14N4O. The minimum Gasteiger partial charge on any atom is -0.485 e. The highest BCUT2D eigenvalue weighted by molar-refractivity contribution is 5.96. The first-order valence-electron chi connectivity index (χ1n) is 4.78. The van der Waals surface area contributed by atoms with Crippen LogP contribution < -0.4 is 10.5 Å². The molecule has 0 aromatic carbocycles. The van der Waals surface area contributed by atoms with Gasteiger partial charge in [-0.05, 0) is 18.2 Å². The van der Waals surface area contributed by atoms with E-state index < -0.39 is 0 Å². The average Bonchev–Trinajstić information content (AvgIpc) is 2.34. The smallest absolute Gasteiger partial charge is 0.142 e. The first kappa shape index (κ1) is 12.1. The first-order valence-corrected chi connectivity index (χ1v) is 4.78. The minimum absolute atomic E-state index is 0.142. The molecule has 0 bridgehead atoms. The second-order valence-electron chi connectivity index (χ2n) is 3.03. The number of rotatable bonds is 6. The Morgan fingerprint density at radius 2 is 2.38 bits per heavy atom. The summed E-state index contributed by atoms with van der Waals surface area (Å²) in [4.78, 5) is 3.93. The molecule has 0 fully saturated rings. The summed E-state index contributed by atoms with van der Waals surface area (Å²) in [6.07, 6.45) is 7.32. The number of pyridine rings is 1. The molecule has 5 nitrogen and oxygen atoms in total. The Balaban J connectivity index is 2.57. The van der Waals surface area contributed by atoms with E-state index in [9.17, 15) is 0 Å². The maximum atomic E-state index is 7.50. The summed E-state index contributed by atoms with van der Waals surface area (Å²) in [7, 11) is 0. The van der Waals surface area contributed by atoms with Gasteiger partial charge in [-0.15, -0.1) is 0 Å². The normalized spacial score (nSPS) is 10.3. The lowest BCUT2D eigenvalue weighted by molar-refractivity contribution is 0.370. The maximum absolute atomic E-state index is 7.50. The van der Waals surface area contributed by atoms with E-state index in [0.717, 1.165) is 11.8 Å². The quantitative estimate of drug-likeness (QED) is 0.625. The van der Waals surface area contributed by atoms with E-state index in [2.05, 4.69) is 4.98 Å². The molecule has 0 saturated carbocycles. The highest BCUT2D eigenvalue weighted by Gasteiger charge is 2.01. The number of ether oxygens (including phenoxy) is 1. The van der Waals surface area contributed by atoms with Crippen LogP contribution in [0, 0.1) is 10.8 Å². The van der Waals surface area contributed by atoms with Crippen molar-refractivity contribution in [1.82, 2.24) is 4.98 Å². The highest BCUT2D eigenvalue weighted by Crippen LogP contribution is 2.15. The molecule has 0 unspecified atom stereocenters. The van der Waals surface area contributed by atoms with Gasteiger partial charge in [0.25, 0.3) is 0 Å². The number of aromatic nitrogens is 1. The molecule has 84 valence electrons. The fourth-order valence-corrected chi connectivity index (χ4v) is 1.08. The zero-order chi connectivity index (χ0) is 11.8. The van der Waals surface area contributed by atoms with E-state index in [-0.39, 0.29) is 12.3 Å². The molecule has 0 spiro atoms. The van der Waals surface area contributed by atoms with E-state index >= 15 is 0 Å². The number of allylic oxidation sites excluding steroid dienone is 1. The van der Waals surface area contributed by atoms with Crippen LogP contribution in [0.4, 0.5) is 0 Å². The zero-order valence-corrected chi connectivity index (χ0v) is 8.81. The van der Waals surface area contributed by atoms with Crippen molar-refractivity contribution in [3.63, 3.8) is 0 Å². The lowest BCUT2D eigenvalue weighted by atomic mass is 10.2. The monoisotopic (exact) mass is 218 g/mol. The van der Waals surface area contributed by atoms with Crippen LogP contribution in [0.1, 0.15) is 5.56 Å². The minimum atomic E-state index is 0.142. The van der Waals surface area contributed by atoms with Gasteiger partial charge in [0.05, 0.1) is 11.9 Å². The summed E-state index contributed by atoms with van der Waals surface area (Å²) in [5, 5.41) is 14.3. The topological polar surface area (TPSA) is 95.8 Å². The number of nitrogens with two attached hydrogens (primary N) is 1. The Kier molecular flexibility index (Phi) is 4.88. The third-order valence-corrected chi connectivity index (χ3v) is 1.87. The van der Waals surface area contributed by atoms with Crippen molar-refractivity contribution in [2.75, 3.05) is 6.61 Å². The molecule has 1 rings (SSSR count). The Labute approximate surface area is 94.0 Å². The van der Waals surface area contributed by atoms with E-state index in [0.29, 0.717) is 12.3 Å². The molecule has 0 atom stereocenters. The summed E-state index contributed by atoms with van der Waals surface area (Å²) < 4.78 is 5.39. The van der Waals surface area contributed by atoms with Gasteiger partial charge in [0.1, 0.15) is 12.4 Å². The Bertz CT molecular complexity index is 401. The number of nitrogens with one attached hydrogen (secondary N) is 2. The van der Waals surface area contributed by atoms with Gasteiger partial charge in [0.15, 0.2) is 0 Å². The summed E-state index contributed by atoms with van der Waals surface area (Å²) in [6, 6.07) is 1.78. The molecule has 0 amide bonds. The molecule has 0 aliphatic rings. The van der Waals surface area contributed by atoms with Gasteiger partial charge < -0.3 is 21.3 Å². The van der Waals surface area contributed by atoms with E-state index in [4.69, 9.17) is 21.3 Å². The third-order valence-electron chi connectivity index (χ3n) is 1.87. The summed E-state index contributed by atoms with van der Waals surface area (Å²) in [5.74, 6) is 0.595. The van der Waals surface area contributed by atoms with Gasteiger partial charge in [-0.1, -0.05) is 0 Å². The molecule has 4 N–H and O–H groups in total. The summed E-state index contributed by atoms with van der Waals surface area (Å²) in [6.45, 7) is 0.518. The molecule has 1 heterocycles. The fourth-order valence-electron chi connectivity index (χ4n) is 1.08. The molecule has 0 radical (unpaired) electrons. The fraction of sp³-hybridized carbons (Fsp3) is 0.182. The Morgan fingerprint density at radius 1 is 1.56 bits per heavy atom. The highest BCUT2D eigenvalue weighted by atomic mass is 16.5. The van der Waals surface area contributed by atoms with Gasteiger partial charge in [0, 0.05) is 24.5 Å². The maximum Gasteiger partial charge on any atom is 0.142 e. The molecule has 0 aliphatic carbocycles. The van der Waals surface area contributed by atoms with Crippen molar-refractivity contribution in [3.05, 3.63) is 36.2 Å². The SMILES string of the molecule is N=C/C=C\C(=N)COc1cnccc1CN. The van der Waals surface area contributed by atoms with Gasteiger partial charge in [0.2, 0.25) is 0 Å². The lowest BCUT2D eigenvalue weighted by Crippen LogP contribution is -2.10. The largest absolute Gasteiger partial charge is 0.485 e. The van der Waals surface area contributed by atoms with Crippen LogP contribution in [0.5, 0.6) is 5.75 Å². The second kappa shape index (κ2) is 6.47. The van der Waals surface area contributed by atoms with Crippen LogP contribution in [0.15, 0.2) is 30.6 Å². The predicted molar refractivity (Wildman–Crippen MR) is 63.3 cm³/mol. The van der Waals surface area contributed by atoms with Crippen LogP contribution >= 0.6 is 0 Å². The third kappa shape index (κ3) is 3.62. The molecule has 0 saturated heterocycles. The van der Waals surface area contributed by atoms with E-state index in [1.54, 1.807) is 18.5 Å². The molecular weight excluding hydrogens is 204 g/mol. The lowest BCUT2D eigenvalue weighted by Gasteiger charge is -2.08. The van der Waals surface area contributed by atoms with Gasteiger partial charge in [-0.25, -0.2) is 0 Å². The molecule has 16 heavy (non-hydrogen) atoms. The number of nitrogens with zero attached hydrogens (tertiary/aromatic N) is 1. The van der Waals surface area contributed by atoms with Crippen LogP contribution in [-0.4, -0.2) is 23.5 Å².